The van der Waals surface area contributed by atoms with E-state index in [-0.39, 0.29) is 36.6 Å². The van der Waals surface area contributed by atoms with Crippen LogP contribution in [0.25, 0.3) is 0 Å². The Kier molecular flexibility index (Phi) is 9.01. The summed E-state index contributed by atoms with van der Waals surface area (Å²) in [4.78, 5) is 24.4. The Morgan fingerprint density at radius 3 is 2.85 bits per heavy atom. The van der Waals surface area contributed by atoms with Crippen LogP contribution in [0.2, 0.25) is 0 Å². The van der Waals surface area contributed by atoms with Gasteiger partial charge >= 0.3 is 5.97 Å². The molecule has 1 heterocycles. The fraction of sp³-hybridized carbons (Fsp3) is 0.700. The maximum Gasteiger partial charge on any atom is 0.331 e. The predicted octanol–water partition coefficient (Wildman–Crippen LogP) is 2.82. The van der Waals surface area contributed by atoms with Crippen molar-refractivity contribution in [1.29, 1.82) is 0 Å². The van der Waals surface area contributed by atoms with Gasteiger partial charge in [-0.15, -0.1) is 0 Å². The average molecular weight is 366 g/mol. The first-order valence-corrected chi connectivity index (χ1v) is 9.37. The monoisotopic (exact) mass is 366 g/mol. The molecule has 0 saturated heterocycles. The standard InChI is InChI=1S/C20H30O6/c1-15-6-4-3-5-7-16-12-17(25-14-24-11-10-23-2)13-18(16)19(21)8-9-20(22)26-15/h5,7-9,15-18H,3-4,6,10-14H2,1-2H3/b7-5+,9-8+/t15-,16+,17-,18+/m0/s1. The summed E-state index contributed by atoms with van der Waals surface area (Å²) in [5.41, 5.74) is 0. The second-order valence-electron chi connectivity index (χ2n) is 6.89. The Balaban J connectivity index is 1.95. The van der Waals surface area contributed by atoms with Gasteiger partial charge in [0.1, 0.15) is 6.79 Å². The minimum Gasteiger partial charge on any atom is -0.460 e. The van der Waals surface area contributed by atoms with Gasteiger partial charge in [0.05, 0.1) is 25.4 Å². The molecule has 0 bridgehead atoms. The van der Waals surface area contributed by atoms with E-state index < -0.39 is 5.97 Å². The van der Waals surface area contributed by atoms with Crippen LogP contribution in [0.15, 0.2) is 24.3 Å². The molecule has 1 fully saturated rings. The van der Waals surface area contributed by atoms with Crippen LogP contribution < -0.4 is 0 Å². The summed E-state index contributed by atoms with van der Waals surface area (Å²) >= 11 is 0. The predicted molar refractivity (Wildman–Crippen MR) is 96.5 cm³/mol. The van der Waals surface area contributed by atoms with Crippen molar-refractivity contribution in [1.82, 2.24) is 0 Å². The largest absolute Gasteiger partial charge is 0.460 e. The van der Waals surface area contributed by atoms with Gasteiger partial charge in [-0.25, -0.2) is 4.79 Å². The van der Waals surface area contributed by atoms with Crippen molar-refractivity contribution >= 4 is 11.8 Å². The first-order valence-electron chi connectivity index (χ1n) is 9.37. The van der Waals surface area contributed by atoms with Crippen LogP contribution in [-0.2, 0) is 28.5 Å². The van der Waals surface area contributed by atoms with E-state index in [0.717, 1.165) is 25.7 Å². The number of ketones is 1. The SMILES string of the molecule is COCCOCO[C@H]1C[C@H]2/C=C/CCC[C@H](C)OC(=O)/C=C/C(=O)[C@@H]2C1. The molecule has 1 aliphatic carbocycles. The normalized spacial score (nSPS) is 32.7. The smallest absolute Gasteiger partial charge is 0.331 e. The fourth-order valence-corrected chi connectivity index (χ4v) is 3.41. The van der Waals surface area contributed by atoms with Crippen molar-refractivity contribution in [2.24, 2.45) is 11.8 Å². The van der Waals surface area contributed by atoms with E-state index in [1.165, 1.54) is 12.2 Å². The Hall–Kier alpha value is -1.50. The minimum atomic E-state index is -0.452. The van der Waals surface area contributed by atoms with Crippen molar-refractivity contribution in [3.05, 3.63) is 24.3 Å². The molecule has 0 unspecified atom stereocenters. The lowest BCUT2D eigenvalue weighted by molar-refractivity contribution is -0.142. The molecule has 1 aliphatic heterocycles. The van der Waals surface area contributed by atoms with E-state index in [9.17, 15) is 9.59 Å². The van der Waals surface area contributed by atoms with E-state index in [4.69, 9.17) is 18.9 Å². The molecule has 2 aliphatic rings. The zero-order chi connectivity index (χ0) is 18.8. The average Bonchev–Trinajstić information content (AvgIpc) is 3.02. The van der Waals surface area contributed by atoms with E-state index >= 15 is 0 Å². The third-order valence-electron chi connectivity index (χ3n) is 4.82. The van der Waals surface area contributed by atoms with Crippen molar-refractivity contribution < 1.29 is 28.5 Å². The maximum atomic E-state index is 12.6. The topological polar surface area (TPSA) is 71.1 Å². The van der Waals surface area contributed by atoms with Gasteiger partial charge in [0, 0.05) is 19.1 Å². The van der Waals surface area contributed by atoms with Gasteiger partial charge in [-0.1, -0.05) is 12.2 Å². The van der Waals surface area contributed by atoms with Gasteiger partial charge in [0.25, 0.3) is 0 Å². The van der Waals surface area contributed by atoms with Crippen LogP contribution in [0.4, 0.5) is 0 Å². The number of cyclic esters (lactones) is 1. The lowest BCUT2D eigenvalue weighted by Crippen LogP contribution is -2.17. The van der Waals surface area contributed by atoms with Gasteiger partial charge in [-0.3, -0.25) is 4.79 Å². The number of allylic oxidation sites excluding steroid dienone is 3. The number of hydrogen-bond acceptors (Lipinski definition) is 6. The molecule has 4 atom stereocenters. The number of rotatable bonds is 6. The van der Waals surface area contributed by atoms with Gasteiger partial charge in [0.15, 0.2) is 5.78 Å². The number of fused-ring (bicyclic) bond motifs is 1. The van der Waals surface area contributed by atoms with Crippen molar-refractivity contribution in [3.8, 4) is 0 Å². The Morgan fingerprint density at radius 2 is 2.04 bits per heavy atom. The molecule has 2 rings (SSSR count). The maximum absolute atomic E-state index is 12.6. The summed E-state index contributed by atoms with van der Waals surface area (Å²) in [6.45, 7) is 3.09. The molecule has 146 valence electrons. The van der Waals surface area contributed by atoms with Gasteiger partial charge in [-0.2, -0.15) is 0 Å². The van der Waals surface area contributed by atoms with Gasteiger partial charge in [0.2, 0.25) is 0 Å². The van der Waals surface area contributed by atoms with Gasteiger partial charge < -0.3 is 18.9 Å². The number of esters is 1. The second kappa shape index (κ2) is 11.3. The Labute approximate surface area is 155 Å². The summed E-state index contributed by atoms with van der Waals surface area (Å²) in [5, 5.41) is 0. The molecule has 6 nitrogen and oxygen atoms in total. The molecule has 6 heteroatoms. The first-order chi connectivity index (χ1) is 12.6. The van der Waals surface area contributed by atoms with Crippen LogP contribution in [-0.4, -0.2) is 51.1 Å². The van der Waals surface area contributed by atoms with Crippen LogP contribution >= 0.6 is 0 Å². The Morgan fingerprint density at radius 1 is 1.19 bits per heavy atom. The Bertz CT molecular complexity index is 512. The fourth-order valence-electron chi connectivity index (χ4n) is 3.41. The van der Waals surface area contributed by atoms with E-state index in [2.05, 4.69) is 12.2 Å². The molecular weight excluding hydrogens is 336 g/mol. The highest BCUT2D eigenvalue weighted by Crippen LogP contribution is 2.36. The summed E-state index contributed by atoms with van der Waals surface area (Å²) in [7, 11) is 1.62. The highest BCUT2D eigenvalue weighted by atomic mass is 16.7. The molecule has 0 aromatic heterocycles. The summed E-state index contributed by atoms with van der Waals surface area (Å²) in [6.07, 6.45) is 10.8. The summed E-state index contributed by atoms with van der Waals surface area (Å²) in [5.74, 6) is -0.537. The number of methoxy groups -OCH3 is 1. The first kappa shape index (κ1) is 20.8. The zero-order valence-electron chi connectivity index (χ0n) is 15.7. The molecule has 0 aromatic carbocycles. The van der Waals surface area contributed by atoms with Crippen molar-refractivity contribution in [2.45, 2.75) is 51.2 Å². The number of carbonyl (C=O) groups is 2. The molecule has 0 amide bonds. The lowest BCUT2D eigenvalue weighted by atomic mass is 9.91. The lowest BCUT2D eigenvalue weighted by Gasteiger charge is -2.12. The van der Waals surface area contributed by atoms with Crippen LogP contribution in [0, 0.1) is 11.8 Å². The number of ether oxygens (including phenoxy) is 4. The molecule has 0 spiro atoms. The molecule has 1 saturated carbocycles. The quantitative estimate of drug-likeness (QED) is 0.312. The van der Waals surface area contributed by atoms with Crippen LogP contribution in [0.1, 0.15) is 39.0 Å². The van der Waals surface area contributed by atoms with Crippen molar-refractivity contribution in [3.63, 3.8) is 0 Å². The molecule has 26 heavy (non-hydrogen) atoms. The molecular formula is C20H30O6. The summed E-state index contributed by atoms with van der Waals surface area (Å²) in [6, 6.07) is 0. The summed E-state index contributed by atoms with van der Waals surface area (Å²) < 4.78 is 21.3. The van der Waals surface area contributed by atoms with Gasteiger partial charge in [-0.05, 0) is 51.0 Å². The van der Waals surface area contributed by atoms with E-state index in [1.807, 2.05) is 6.92 Å². The highest BCUT2D eigenvalue weighted by molar-refractivity contribution is 5.97. The minimum absolute atomic E-state index is 0.0191. The van der Waals surface area contributed by atoms with Crippen molar-refractivity contribution in [2.75, 3.05) is 27.1 Å². The van der Waals surface area contributed by atoms with Crippen LogP contribution in [0.3, 0.4) is 0 Å². The third-order valence-corrected chi connectivity index (χ3v) is 4.82. The molecule has 0 N–H and O–H groups in total. The zero-order valence-corrected chi connectivity index (χ0v) is 15.7. The highest BCUT2D eigenvalue weighted by Gasteiger charge is 2.37. The van der Waals surface area contributed by atoms with E-state index in [1.54, 1.807) is 7.11 Å². The molecule has 0 aromatic rings. The second-order valence-corrected chi connectivity index (χ2v) is 6.89. The molecule has 0 radical (unpaired) electrons. The number of hydrogen-bond donors (Lipinski definition) is 0. The van der Waals surface area contributed by atoms with E-state index in [0.29, 0.717) is 19.6 Å². The third kappa shape index (κ3) is 7.02. The number of carbonyl (C=O) groups excluding carboxylic acids is 2. The van der Waals surface area contributed by atoms with Crippen LogP contribution in [0.5, 0.6) is 0 Å².